The third-order valence-corrected chi connectivity index (χ3v) is 7.63. The van der Waals surface area contributed by atoms with Crippen LogP contribution in [0.4, 0.5) is 4.39 Å². The number of fused-ring (bicyclic) bond motifs is 3. The van der Waals surface area contributed by atoms with Gasteiger partial charge in [0.05, 0.1) is 18.3 Å². The molecule has 30 heavy (non-hydrogen) atoms. The molecule has 0 aliphatic carbocycles. The molecular weight excluding hydrogens is 409 g/mol. The highest BCUT2D eigenvalue weighted by Gasteiger charge is 2.34. The highest BCUT2D eigenvalue weighted by atomic mass is 32.2. The van der Waals surface area contributed by atoms with E-state index in [4.69, 9.17) is 4.74 Å². The van der Waals surface area contributed by atoms with Crippen LogP contribution in [0.3, 0.4) is 0 Å². The fourth-order valence-electron chi connectivity index (χ4n) is 4.22. The second-order valence-electron chi connectivity index (χ2n) is 7.59. The maximum Gasteiger partial charge on any atom is 0.357 e. The van der Waals surface area contributed by atoms with E-state index in [2.05, 4.69) is 4.98 Å². The van der Waals surface area contributed by atoms with Gasteiger partial charge in [0.15, 0.2) is 5.69 Å². The first-order chi connectivity index (χ1) is 14.4. The van der Waals surface area contributed by atoms with Gasteiger partial charge in [-0.3, -0.25) is 0 Å². The predicted molar refractivity (Wildman–Crippen MR) is 107 cm³/mol. The number of rotatable bonds is 4. The minimum Gasteiger partial charge on any atom is -0.461 e. The molecule has 1 aromatic carbocycles. The lowest BCUT2D eigenvalue weighted by molar-refractivity contribution is 0.0473. The quantitative estimate of drug-likeness (QED) is 0.596. The maximum atomic E-state index is 13.5. The normalized spacial score (nSPS) is 17.3. The van der Waals surface area contributed by atoms with Crippen molar-refractivity contribution in [2.75, 3.05) is 19.7 Å². The molecule has 0 amide bonds. The molecule has 1 saturated heterocycles. The van der Waals surface area contributed by atoms with E-state index >= 15 is 0 Å². The van der Waals surface area contributed by atoms with Gasteiger partial charge < -0.3 is 9.30 Å². The fraction of sp³-hybridized carbons (Fsp3) is 0.333. The van der Waals surface area contributed by atoms with E-state index in [0.29, 0.717) is 42.5 Å². The number of hydrogen-bond acceptors (Lipinski definition) is 5. The standard InChI is InChI=1S/C21H20FN3O4S/c22-15-5-3-14(4-6-15)12-24-13-18(30(27,28)25-8-1-2-9-25)19-16-7-10-29-21(26)20(16)23-11-17(19)24/h3-6,11,13H,1-2,7-10,12H2. The lowest BCUT2D eigenvalue weighted by atomic mass is 10.0. The smallest absolute Gasteiger partial charge is 0.357 e. The second-order valence-corrected chi connectivity index (χ2v) is 9.50. The average Bonchev–Trinajstić information content (AvgIpc) is 3.39. The predicted octanol–water partition coefficient (Wildman–Crippen LogP) is 2.72. The van der Waals surface area contributed by atoms with Crippen LogP contribution in [0.25, 0.3) is 10.9 Å². The molecule has 2 aliphatic heterocycles. The Hall–Kier alpha value is -2.78. The Morgan fingerprint density at radius 3 is 2.60 bits per heavy atom. The minimum atomic E-state index is -3.72. The van der Waals surface area contributed by atoms with E-state index in [-0.39, 0.29) is 23.0 Å². The molecule has 4 heterocycles. The van der Waals surface area contributed by atoms with E-state index in [1.165, 1.54) is 22.6 Å². The Balaban J connectivity index is 1.72. The lowest BCUT2D eigenvalue weighted by Crippen LogP contribution is -2.28. The van der Waals surface area contributed by atoms with Gasteiger partial charge in [-0.05, 0) is 36.1 Å². The molecule has 3 aromatic rings. The summed E-state index contributed by atoms with van der Waals surface area (Å²) < 4.78 is 48.6. The monoisotopic (exact) mass is 429 g/mol. The van der Waals surface area contributed by atoms with Crippen molar-refractivity contribution < 1.29 is 22.3 Å². The summed E-state index contributed by atoms with van der Waals surface area (Å²) in [4.78, 5) is 16.7. The molecule has 0 saturated carbocycles. The van der Waals surface area contributed by atoms with Crippen molar-refractivity contribution in [1.29, 1.82) is 0 Å². The van der Waals surface area contributed by atoms with Crippen LogP contribution >= 0.6 is 0 Å². The van der Waals surface area contributed by atoms with Crippen LogP contribution in [-0.4, -0.2) is 47.9 Å². The molecule has 0 spiro atoms. The number of benzene rings is 1. The second kappa shape index (κ2) is 7.17. The van der Waals surface area contributed by atoms with Gasteiger partial charge in [-0.15, -0.1) is 0 Å². The van der Waals surface area contributed by atoms with E-state index in [1.807, 2.05) is 0 Å². The van der Waals surface area contributed by atoms with Crippen molar-refractivity contribution in [3.63, 3.8) is 0 Å². The highest BCUT2D eigenvalue weighted by Crippen LogP contribution is 2.35. The Morgan fingerprint density at radius 1 is 1.13 bits per heavy atom. The van der Waals surface area contributed by atoms with E-state index in [1.54, 1.807) is 22.9 Å². The third kappa shape index (κ3) is 3.09. The number of pyridine rings is 1. The Morgan fingerprint density at radius 2 is 1.87 bits per heavy atom. The van der Waals surface area contributed by atoms with Gasteiger partial charge in [-0.1, -0.05) is 12.1 Å². The number of ether oxygens (including phenoxy) is 1. The van der Waals surface area contributed by atoms with E-state index in [0.717, 1.165) is 18.4 Å². The Bertz CT molecular complexity index is 1250. The van der Waals surface area contributed by atoms with Crippen molar-refractivity contribution in [3.8, 4) is 0 Å². The number of sulfonamides is 1. The maximum absolute atomic E-state index is 13.5. The van der Waals surface area contributed by atoms with Crippen LogP contribution in [0.2, 0.25) is 0 Å². The van der Waals surface area contributed by atoms with Crippen molar-refractivity contribution in [3.05, 3.63) is 59.3 Å². The summed E-state index contributed by atoms with van der Waals surface area (Å²) in [7, 11) is -3.72. The van der Waals surface area contributed by atoms with Gasteiger partial charge in [0.1, 0.15) is 10.7 Å². The number of hydrogen-bond donors (Lipinski definition) is 0. The number of esters is 1. The van der Waals surface area contributed by atoms with Crippen LogP contribution in [0.1, 0.15) is 34.5 Å². The van der Waals surface area contributed by atoms with Gasteiger partial charge in [-0.2, -0.15) is 4.31 Å². The molecule has 2 aromatic heterocycles. The molecule has 156 valence electrons. The third-order valence-electron chi connectivity index (χ3n) is 5.72. The Kier molecular flexibility index (Phi) is 4.59. The van der Waals surface area contributed by atoms with Gasteiger partial charge in [0.2, 0.25) is 10.0 Å². The Labute approximate surface area is 173 Å². The van der Waals surface area contributed by atoms with Crippen LogP contribution in [0.15, 0.2) is 41.6 Å². The molecule has 7 nitrogen and oxygen atoms in total. The average molecular weight is 429 g/mol. The number of halogens is 1. The SMILES string of the molecule is O=C1OCCc2c1ncc1c2c(S(=O)(=O)N2CCCC2)cn1Cc1ccc(F)cc1. The van der Waals surface area contributed by atoms with Crippen molar-refractivity contribution in [2.45, 2.75) is 30.7 Å². The molecule has 0 N–H and O–H groups in total. The number of nitrogens with zero attached hydrogens (tertiary/aromatic N) is 3. The summed E-state index contributed by atoms with van der Waals surface area (Å²) in [5, 5.41) is 0.533. The zero-order valence-electron chi connectivity index (χ0n) is 16.2. The largest absolute Gasteiger partial charge is 0.461 e. The van der Waals surface area contributed by atoms with Crippen LogP contribution < -0.4 is 0 Å². The van der Waals surface area contributed by atoms with Crippen molar-refractivity contribution >= 4 is 26.9 Å². The lowest BCUT2D eigenvalue weighted by Gasteiger charge is -2.18. The molecule has 0 bridgehead atoms. The summed E-state index contributed by atoms with van der Waals surface area (Å²) in [6.07, 6.45) is 5.21. The van der Waals surface area contributed by atoms with Crippen LogP contribution in [0, 0.1) is 5.82 Å². The molecule has 0 radical (unpaired) electrons. The van der Waals surface area contributed by atoms with Gasteiger partial charge in [0, 0.05) is 37.6 Å². The first-order valence-electron chi connectivity index (χ1n) is 9.87. The number of carbonyl (C=O) groups is 1. The molecule has 0 unspecified atom stereocenters. The summed E-state index contributed by atoms with van der Waals surface area (Å²) in [6.45, 7) is 1.53. The summed E-state index contributed by atoms with van der Waals surface area (Å²) >= 11 is 0. The number of cyclic esters (lactones) is 1. The molecular formula is C21H20FN3O4S. The summed E-state index contributed by atoms with van der Waals surface area (Å²) in [5.74, 6) is -0.864. The minimum absolute atomic E-state index is 0.172. The first kappa shape index (κ1) is 19.2. The van der Waals surface area contributed by atoms with Gasteiger partial charge in [0.25, 0.3) is 0 Å². The zero-order chi connectivity index (χ0) is 20.9. The first-order valence-corrected chi connectivity index (χ1v) is 11.3. The van der Waals surface area contributed by atoms with E-state index in [9.17, 15) is 17.6 Å². The summed E-state index contributed by atoms with van der Waals surface area (Å²) in [6, 6.07) is 6.08. The van der Waals surface area contributed by atoms with Crippen LogP contribution in [0.5, 0.6) is 0 Å². The van der Waals surface area contributed by atoms with Crippen molar-refractivity contribution in [1.82, 2.24) is 13.9 Å². The zero-order valence-corrected chi connectivity index (χ0v) is 17.0. The molecule has 0 atom stereocenters. The van der Waals surface area contributed by atoms with Gasteiger partial charge >= 0.3 is 5.97 Å². The topological polar surface area (TPSA) is 81.5 Å². The van der Waals surface area contributed by atoms with E-state index < -0.39 is 16.0 Å². The van der Waals surface area contributed by atoms with Gasteiger partial charge in [-0.25, -0.2) is 22.6 Å². The highest BCUT2D eigenvalue weighted by molar-refractivity contribution is 7.89. The molecule has 9 heteroatoms. The fourth-order valence-corrected chi connectivity index (χ4v) is 5.99. The molecule has 2 aliphatic rings. The summed E-state index contributed by atoms with van der Waals surface area (Å²) in [5.41, 5.74) is 2.24. The number of aromatic nitrogens is 2. The van der Waals surface area contributed by atoms with Crippen LogP contribution in [-0.2, 0) is 27.7 Å². The molecule has 5 rings (SSSR count). The number of carbonyl (C=O) groups excluding carboxylic acids is 1. The molecule has 1 fully saturated rings. The van der Waals surface area contributed by atoms with Crippen molar-refractivity contribution in [2.24, 2.45) is 0 Å².